The molecule has 6 heteroatoms. The standard InChI is InChI=1S/C66H125NO5/c1-3-5-7-9-11-13-15-17-19-21-23-24-25-26-28-29-31-34-38-42-46-50-54-58-64(69)63(62-68)67-65(70)59-55-51-47-43-39-35-33-37-41-45-49-53-57-61-72-66(71)60-56-52-48-44-40-36-32-30-27-22-20-18-16-14-12-10-8-6-4-2/h12,14,18,20,54,58,63-64,68-69H,3-11,13,15-17,19,21-53,55-57,59-62H2,1-2H3,(H,67,70)/b14-12-,20-18-,58-54+. The number of carbonyl (C=O) groups is 2. The monoisotopic (exact) mass is 1010 g/mol. The lowest BCUT2D eigenvalue weighted by Crippen LogP contribution is -2.45. The van der Waals surface area contributed by atoms with Gasteiger partial charge in [0.15, 0.2) is 0 Å². The van der Waals surface area contributed by atoms with E-state index in [-0.39, 0.29) is 18.5 Å². The Labute approximate surface area is 449 Å². The molecular formula is C66H125NO5. The molecule has 0 saturated heterocycles. The number of amides is 1. The first-order chi connectivity index (χ1) is 35.5. The molecular weight excluding hydrogens is 887 g/mol. The predicted octanol–water partition coefficient (Wildman–Crippen LogP) is 20.4. The number of hydrogen-bond donors (Lipinski definition) is 3. The lowest BCUT2D eigenvalue weighted by atomic mass is 10.0. The predicted molar refractivity (Wildman–Crippen MR) is 315 cm³/mol. The summed E-state index contributed by atoms with van der Waals surface area (Å²) in [5.41, 5.74) is 0. The molecule has 0 spiro atoms. The normalized spacial score (nSPS) is 12.8. The minimum atomic E-state index is -0.855. The van der Waals surface area contributed by atoms with Crippen molar-refractivity contribution in [2.45, 2.75) is 360 Å². The van der Waals surface area contributed by atoms with E-state index < -0.39 is 12.1 Å². The second-order valence-corrected chi connectivity index (χ2v) is 22.1. The van der Waals surface area contributed by atoms with E-state index in [9.17, 15) is 19.8 Å². The van der Waals surface area contributed by atoms with E-state index in [1.54, 1.807) is 6.08 Å². The fraction of sp³-hybridized carbons (Fsp3) is 0.879. The van der Waals surface area contributed by atoms with Gasteiger partial charge < -0.3 is 20.3 Å². The van der Waals surface area contributed by atoms with E-state index in [0.29, 0.717) is 19.4 Å². The Kier molecular flexibility index (Phi) is 60.0. The zero-order valence-corrected chi connectivity index (χ0v) is 48.4. The topological polar surface area (TPSA) is 95.9 Å². The van der Waals surface area contributed by atoms with Crippen molar-refractivity contribution >= 4 is 11.9 Å². The van der Waals surface area contributed by atoms with Crippen LogP contribution in [0.4, 0.5) is 0 Å². The van der Waals surface area contributed by atoms with Crippen LogP contribution in [0.25, 0.3) is 0 Å². The first-order valence-electron chi connectivity index (χ1n) is 32.3. The van der Waals surface area contributed by atoms with Crippen molar-refractivity contribution in [2.75, 3.05) is 13.2 Å². The van der Waals surface area contributed by atoms with Gasteiger partial charge in [-0.05, 0) is 64.2 Å². The van der Waals surface area contributed by atoms with Gasteiger partial charge in [-0.2, -0.15) is 0 Å². The van der Waals surface area contributed by atoms with Crippen LogP contribution in [-0.2, 0) is 14.3 Å². The summed E-state index contributed by atoms with van der Waals surface area (Å²) < 4.78 is 5.49. The molecule has 6 nitrogen and oxygen atoms in total. The Balaban J connectivity index is 3.46. The Morgan fingerprint density at radius 2 is 0.694 bits per heavy atom. The second kappa shape index (κ2) is 61.6. The molecule has 424 valence electrons. The van der Waals surface area contributed by atoms with E-state index in [1.807, 2.05) is 6.08 Å². The first-order valence-corrected chi connectivity index (χ1v) is 32.3. The van der Waals surface area contributed by atoms with Crippen molar-refractivity contribution in [2.24, 2.45) is 0 Å². The maximum absolute atomic E-state index is 12.5. The lowest BCUT2D eigenvalue weighted by Gasteiger charge is -2.20. The lowest BCUT2D eigenvalue weighted by molar-refractivity contribution is -0.143. The number of unbranched alkanes of at least 4 members (excludes halogenated alkanes) is 45. The summed E-state index contributed by atoms with van der Waals surface area (Å²) in [5, 5.41) is 23.2. The number of aliphatic hydroxyl groups excluding tert-OH is 2. The Bertz CT molecular complexity index is 1170. The molecule has 2 atom stereocenters. The molecule has 0 bridgehead atoms. The van der Waals surface area contributed by atoms with Crippen molar-refractivity contribution in [3.63, 3.8) is 0 Å². The van der Waals surface area contributed by atoms with Crippen LogP contribution in [0.5, 0.6) is 0 Å². The van der Waals surface area contributed by atoms with Crippen LogP contribution in [0.2, 0.25) is 0 Å². The molecule has 0 aromatic carbocycles. The average molecular weight is 1010 g/mol. The summed E-state index contributed by atoms with van der Waals surface area (Å²) in [6, 6.07) is -0.640. The van der Waals surface area contributed by atoms with Crippen LogP contribution in [0.3, 0.4) is 0 Å². The van der Waals surface area contributed by atoms with E-state index in [1.165, 1.54) is 257 Å². The Hall–Kier alpha value is -1.92. The zero-order valence-electron chi connectivity index (χ0n) is 48.4. The van der Waals surface area contributed by atoms with Crippen LogP contribution in [0, 0.1) is 0 Å². The van der Waals surface area contributed by atoms with Gasteiger partial charge in [0.25, 0.3) is 0 Å². The molecule has 0 saturated carbocycles. The summed E-state index contributed by atoms with van der Waals surface area (Å²) in [4.78, 5) is 24.6. The minimum Gasteiger partial charge on any atom is -0.466 e. The molecule has 2 unspecified atom stereocenters. The van der Waals surface area contributed by atoms with Gasteiger partial charge >= 0.3 is 5.97 Å². The second-order valence-electron chi connectivity index (χ2n) is 22.1. The first kappa shape index (κ1) is 70.1. The number of ether oxygens (including phenoxy) is 1. The van der Waals surface area contributed by atoms with Gasteiger partial charge in [-0.15, -0.1) is 0 Å². The number of nitrogens with one attached hydrogen (secondary N) is 1. The molecule has 0 fully saturated rings. The molecule has 0 radical (unpaired) electrons. The molecule has 0 aliphatic carbocycles. The highest BCUT2D eigenvalue weighted by Crippen LogP contribution is 2.18. The molecule has 72 heavy (non-hydrogen) atoms. The van der Waals surface area contributed by atoms with Gasteiger partial charge in [-0.1, -0.05) is 307 Å². The van der Waals surface area contributed by atoms with Crippen LogP contribution >= 0.6 is 0 Å². The maximum atomic E-state index is 12.5. The van der Waals surface area contributed by atoms with Crippen LogP contribution in [-0.4, -0.2) is 47.4 Å². The fourth-order valence-electron chi connectivity index (χ4n) is 9.96. The average Bonchev–Trinajstić information content (AvgIpc) is 3.38. The van der Waals surface area contributed by atoms with E-state index >= 15 is 0 Å². The van der Waals surface area contributed by atoms with Crippen molar-refractivity contribution in [1.29, 1.82) is 0 Å². The van der Waals surface area contributed by atoms with Crippen molar-refractivity contribution in [3.8, 4) is 0 Å². The molecule has 0 aliphatic rings. The van der Waals surface area contributed by atoms with Crippen molar-refractivity contribution in [3.05, 3.63) is 36.5 Å². The summed E-state index contributed by atoms with van der Waals surface area (Å²) in [5.74, 6) is -0.0878. The van der Waals surface area contributed by atoms with Gasteiger partial charge in [0, 0.05) is 12.8 Å². The molecule has 0 rings (SSSR count). The van der Waals surface area contributed by atoms with Crippen molar-refractivity contribution in [1.82, 2.24) is 5.32 Å². The molecule has 0 heterocycles. The third-order valence-corrected chi connectivity index (χ3v) is 14.9. The molecule has 0 aliphatic heterocycles. The van der Waals surface area contributed by atoms with Crippen LogP contribution < -0.4 is 5.32 Å². The van der Waals surface area contributed by atoms with Crippen molar-refractivity contribution < 1.29 is 24.5 Å². The summed E-state index contributed by atoms with van der Waals surface area (Å²) in [6.07, 6.45) is 77.5. The quantitative estimate of drug-likeness (QED) is 0.0320. The minimum absolute atomic E-state index is 0.00991. The third-order valence-electron chi connectivity index (χ3n) is 14.9. The van der Waals surface area contributed by atoms with Gasteiger partial charge in [0.1, 0.15) is 0 Å². The number of esters is 1. The molecule has 0 aromatic rings. The maximum Gasteiger partial charge on any atom is 0.305 e. The Morgan fingerprint density at radius 3 is 1.08 bits per heavy atom. The van der Waals surface area contributed by atoms with Crippen LogP contribution in [0.15, 0.2) is 36.5 Å². The highest BCUT2D eigenvalue weighted by atomic mass is 16.5. The fourth-order valence-corrected chi connectivity index (χ4v) is 9.96. The van der Waals surface area contributed by atoms with E-state index in [0.717, 1.165) is 64.2 Å². The van der Waals surface area contributed by atoms with Crippen LogP contribution in [0.1, 0.15) is 348 Å². The van der Waals surface area contributed by atoms with E-state index in [2.05, 4.69) is 43.5 Å². The zero-order chi connectivity index (χ0) is 52.2. The third kappa shape index (κ3) is 57.4. The largest absolute Gasteiger partial charge is 0.466 e. The van der Waals surface area contributed by atoms with Gasteiger partial charge in [0.2, 0.25) is 5.91 Å². The smallest absolute Gasteiger partial charge is 0.305 e. The Morgan fingerprint density at radius 1 is 0.389 bits per heavy atom. The highest BCUT2D eigenvalue weighted by Gasteiger charge is 2.18. The molecule has 0 aromatic heterocycles. The SMILES string of the molecule is CCCCC/C=C\C/C=C\CCCCCCCCCCCC(=O)OCCCCCCCCCCCCCCCC(=O)NC(CO)C(O)/C=C/CCCCCCCCCCCCCCCCCCCCCCC. The number of hydrogen-bond acceptors (Lipinski definition) is 5. The molecule has 3 N–H and O–H groups in total. The summed E-state index contributed by atoms with van der Waals surface area (Å²) >= 11 is 0. The number of carbonyl (C=O) groups excluding carboxylic acids is 2. The van der Waals surface area contributed by atoms with Gasteiger partial charge in [0.05, 0.1) is 25.4 Å². The number of allylic oxidation sites excluding steroid dienone is 5. The number of aliphatic hydroxyl groups is 2. The van der Waals surface area contributed by atoms with Gasteiger partial charge in [-0.3, -0.25) is 9.59 Å². The van der Waals surface area contributed by atoms with E-state index in [4.69, 9.17) is 4.74 Å². The highest BCUT2D eigenvalue weighted by molar-refractivity contribution is 5.76. The van der Waals surface area contributed by atoms with Gasteiger partial charge in [-0.25, -0.2) is 0 Å². The summed E-state index contributed by atoms with van der Waals surface area (Å²) in [7, 11) is 0. The number of rotatable bonds is 60. The summed E-state index contributed by atoms with van der Waals surface area (Å²) in [6.45, 7) is 4.88. The molecule has 1 amide bonds.